The van der Waals surface area contributed by atoms with Crippen molar-refractivity contribution >= 4 is 34.2 Å². The maximum atomic E-state index is 12.4. The molecule has 0 nitrogen and oxygen atoms in total. The maximum absolute atomic E-state index is 12.4. The monoisotopic (exact) mass is 326 g/mol. The van der Waals surface area contributed by atoms with Gasteiger partial charge in [0.05, 0.1) is 5.88 Å². The lowest BCUT2D eigenvalue weighted by Gasteiger charge is -2.28. The van der Waals surface area contributed by atoms with Gasteiger partial charge in [-0.15, -0.1) is 11.6 Å². The van der Waals surface area contributed by atoms with Gasteiger partial charge in [0.2, 0.25) is 0 Å². The van der Waals surface area contributed by atoms with Crippen LogP contribution in [0.4, 0.5) is 26.3 Å². The van der Waals surface area contributed by atoms with E-state index in [1.807, 2.05) is 0 Å². The molecule has 0 aliphatic carbocycles. The summed E-state index contributed by atoms with van der Waals surface area (Å²) in [5.74, 6) is -6.33. The first-order valence-corrected chi connectivity index (χ1v) is 4.06. The molecule has 0 saturated heterocycles. The van der Waals surface area contributed by atoms with Gasteiger partial charge in [-0.05, 0) is 22.6 Å². The van der Waals surface area contributed by atoms with Crippen LogP contribution in [0.25, 0.3) is 0 Å². The molecule has 0 bridgehead atoms. The number of halogens is 8. The van der Waals surface area contributed by atoms with E-state index < -0.39 is 21.7 Å². The van der Waals surface area contributed by atoms with Crippen molar-refractivity contribution < 1.29 is 26.3 Å². The molecular weight excluding hydrogens is 324 g/mol. The zero-order valence-electron chi connectivity index (χ0n) is 5.23. The van der Waals surface area contributed by atoms with E-state index in [1.165, 1.54) is 0 Å². The summed E-state index contributed by atoms with van der Waals surface area (Å²) in [6.45, 7) is 0. The minimum Gasteiger partial charge on any atom is -0.215 e. The van der Waals surface area contributed by atoms with Crippen LogP contribution in [-0.2, 0) is 0 Å². The molecule has 0 aromatic carbocycles. The number of rotatable bonds is 2. The van der Waals surface area contributed by atoms with Crippen LogP contribution >= 0.6 is 34.2 Å². The van der Waals surface area contributed by atoms with Crippen molar-refractivity contribution in [2.45, 2.75) is 15.8 Å². The van der Waals surface area contributed by atoms with E-state index in [2.05, 4.69) is 11.6 Å². The van der Waals surface area contributed by atoms with Gasteiger partial charge in [0.25, 0.3) is 0 Å². The highest BCUT2D eigenvalue weighted by molar-refractivity contribution is 14.1. The summed E-state index contributed by atoms with van der Waals surface area (Å²) >= 11 is 4.49. The second-order valence-electron chi connectivity index (χ2n) is 1.91. The quantitative estimate of drug-likeness (QED) is 0.414. The fourth-order valence-electron chi connectivity index (χ4n) is 0.291. The summed E-state index contributed by atoms with van der Waals surface area (Å²) in [6.07, 6.45) is -5.63. The van der Waals surface area contributed by atoms with E-state index in [0.29, 0.717) is 0 Å². The molecule has 0 aliphatic heterocycles. The summed E-state index contributed by atoms with van der Waals surface area (Å²) in [5, 5.41) is 0. The fraction of sp³-hybridized carbons (Fsp3) is 1.00. The Morgan fingerprint density at radius 2 is 1.33 bits per heavy atom. The van der Waals surface area contributed by atoms with E-state index in [0.717, 1.165) is 0 Å². The van der Waals surface area contributed by atoms with E-state index in [9.17, 15) is 26.3 Å². The van der Waals surface area contributed by atoms with Gasteiger partial charge < -0.3 is 0 Å². The van der Waals surface area contributed by atoms with Gasteiger partial charge >= 0.3 is 15.8 Å². The van der Waals surface area contributed by atoms with Crippen LogP contribution < -0.4 is 0 Å². The van der Waals surface area contributed by atoms with E-state index >= 15 is 0 Å². The highest BCUT2D eigenvalue weighted by atomic mass is 127. The van der Waals surface area contributed by atoms with Crippen LogP contribution in [0.15, 0.2) is 0 Å². The van der Waals surface area contributed by atoms with Gasteiger partial charge in [-0.2, -0.15) is 13.2 Å². The molecule has 8 heteroatoms. The van der Waals surface area contributed by atoms with Gasteiger partial charge in [-0.1, -0.05) is 0 Å². The zero-order valence-corrected chi connectivity index (χ0v) is 8.14. The third kappa shape index (κ3) is 2.09. The molecule has 0 radical (unpaired) electrons. The lowest BCUT2D eigenvalue weighted by Crippen LogP contribution is -2.51. The first-order valence-electron chi connectivity index (χ1n) is 2.44. The predicted molar refractivity (Wildman–Crippen MR) is 39.6 cm³/mol. The van der Waals surface area contributed by atoms with Gasteiger partial charge in [0.1, 0.15) is 0 Å². The second-order valence-corrected chi connectivity index (χ2v) is 3.66. The molecule has 12 heavy (non-hydrogen) atoms. The topological polar surface area (TPSA) is 0 Å². The van der Waals surface area contributed by atoms with Crippen LogP contribution in [0, 0.1) is 0 Å². The van der Waals surface area contributed by atoms with Crippen LogP contribution in [-0.4, -0.2) is 21.7 Å². The van der Waals surface area contributed by atoms with Crippen LogP contribution in [0.2, 0.25) is 0 Å². The number of hydrogen-bond donors (Lipinski definition) is 0. The minimum atomic E-state index is -5.63. The Morgan fingerprint density at radius 1 is 1.00 bits per heavy atom. The summed E-state index contributed by atoms with van der Waals surface area (Å²) in [7, 11) is 0. The van der Waals surface area contributed by atoms with Crippen molar-refractivity contribution in [2.24, 2.45) is 0 Å². The van der Waals surface area contributed by atoms with Gasteiger partial charge in [0.15, 0.2) is 0 Å². The molecule has 1 unspecified atom stereocenters. The van der Waals surface area contributed by atoms with Crippen LogP contribution in [0.5, 0.6) is 0 Å². The molecule has 0 saturated carbocycles. The third-order valence-corrected chi connectivity index (χ3v) is 2.72. The molecule has 0 amide bonds. The van der Waals surface area contributed by atoms with Crippen molar-refractivity contribution in [3.8, 4) is 0 Å². The molecule has 0 aliphatic rings. The average Bonchev–Trinajstić information content (AvgIpc) is 1.85. The lowest BCUT2D eigenvalue weighted by molar-refractivity contribution is -0.246. The Labute approximate surface area is 82.4 Å². The molecule has 74 valence electrons. The number of hydrogen-bond acceptors (Lipinski definition) is 0. The SMILES string of the molecule is FC(F)(F)C(F)(I)C(F)(F)CCl. The zero-order chi connectivity index (χ0) is 10.2. The highest BCUT2D eigenvalue weighted by Gasteiger charge is 2.69. The van der Waals surface area contributed by atoms with E-state index in [4.69, 9.17) is 0 Å². The standard InChI is InChI=1S/C4H2ClF6I/c5-1-2(6,7)3(8,12)4(9,10)11/h1H2. The van der Waals surface area contributed by atoms with Crippen molar-refractivity contribution in [1.82, 2.24) is 0 Å². The Morgan fingerprint density at radius 3 is 1.42 bits per heavy atom. The Bertz CT molecular complexity index is 163. The van der Waals surface area contributed by atoms with Crippen molar-refractivity contribution in [3.63, 3.8) is 0 Å². The smallest absolute Gasteiger partial charge is 0.215 e. The first kappa shape index (κ1) is 12.6. The van der Waals surface area contributed by atoms with Crippen LogP contribution in [0.1, 0.15) is 0 Å². The van der Waals surface area contributed by atoms with Crippen molar-refractivity contribution in [2.75, 3.05) is 5.88 Å². The Hall–Kier alpha value is 0.600. The molecule has 0 rings (SSSR count). The minimum absolute atomic E-state index is 0.000894. The molecule has 0 heterocycles. The predicted octanol–water partition coefficient (Wildman–Crippen LogP) is 3.52. The summed E-state index contributed by atoms with van der Waals surface area (Å²) < 4.78 is 67.0. The molecular formula is C4H2ClF6I. The average molecular weight is 326 g/mol. The second kappa shape index (κ2) is 3.39. The molecule has 0 aromatic heterocycles. The summed E-state index contributed by atoms with van der Waals surface area (Å²) in [4.78, 5) is 0. The lowest BCUT2D eigenvalue weighted by atomic mass is 10.2. The van der Waals surface area contributed by atoms with Gasteiger partial charge in [-0.25, -0.2) is 13.2 Å². The molecule has 0 fully saturated rings. The summed E-state index contributed by atoms with van der Waals surface area (Å²) in [5.41, 5.74) is 0. The highest BCUT2D eigenvalue weighted by Crippen LogP contribution is 2.50. The molecule has 0 N–H and O–H groups in total. The Kier molecular flexibility index (Phi) is 3.56. The first-order chi connectivity index (χ1) is 5.06. The fourth-order valence-corrected chi connectivity index (χ4v) is 0.892. The normalized spacial score (nSPS) is 19.0. The summed E-state index contributed by atoms with van der Waals surface area (Å²) in [6, 6.07) is 0. The number of alkyl halides is 8. The van der Waals surface area contributed by atoms with E-state index in [-0.39, 0.29) is 22.6 Å². The molecule has 0 spiro atoms. The van der Waals surface area contributed by atoms with Crippen molar-refractivity contribution in [1.29, 1.82) is 0 Å². The van der Waals surface area contributed by atoms with E-state index in [1.54, 1.807) is 0 Å². The Balaban J connectivity index is 4.85. The van der Waals surface area contributed by atoms with Gasteiger partial charge in [-0.3, -0.25) is 0 Å². The van der Waals surface area contributed by atoms with Crippen molar-refractivity contribution in [3.05, 3.63) is 0 Å². The van der Waals surface area contributed by atoms with Gasteiger partial charge in [0, 0.05) is 0 Å². The third-order valence-electron chi connectivity index (χ3n) is 0.983. The van der Waals surface area contributed by atoms with Crippen LogP contribution in [0.3, 0.4) is 0 Å². The largest absolute Gasteiger partial charge is 0.438 e. The molecule has 1 atom stereocenters. The molecule has 0 aromatic rings. The maximum Gasteiger partial charge on any atom is 0.438 e.